The Labute approximate surface area is 174 Å². The van der Waals surface area contributed by atoms with Crippen molar-refractivity contribution >= 4 is 24.8 Å². The maximum Gasteiger partial charge on any atom is 0.573 e. The van der Waals surface area contributed by atoms with Crippen molar-refractivity contribution in [2.45, 2.75) is 12.4 Å². The molecule has 4 nitrogen and oxygen atoms in total. The van der Waals surface area contributed by atoms with Crippen LogP contribution in [0.5, 0.6) is 11.5 Å². The molecule has 1 N–H and O–H groups in total. The number of halogens is 5. The zero-order valence-electron chi connectivity index (χ0n) is 15.2. The molecule has 1 heterocycles. The van der Waals surface area contributed by atoms with E-state index in [1.807, 2.05) is 24.3 Å². The highest BCUT2D eigenvalue weighted by Gasteiger charge is 2.31. The Morgan fingerprint density at radius 2 is 1.57 bits per heavy atom. The van der Waals surface area contributed by atoms with Crippen LogP contribution in [0.4, 0.5) is 13.2 Å². The first-order chi connectivity index (χ1) is 12.5. The summed E-state index contributed by atoms with van der Waals surface area (Å²) in [5.74, 6) is 0.533. The Morgan fingerprint density at radius 3 is 2.14 bits per heavy atom. The standard InChI is InChI=1S/C19H21F3N2O2.2ClH/c1-25-17-4-2-3-15(13-17)18(24-11-9-23-10-12-24)14-5-7-16(8-6-14)26-19(20,21)22;;/h2-8,13,18,23H,9-12H2,1H3;2*1H/t18-;;/m0../s1. The minimum Gasteiger partial charge on any atom is -0.497 e. The van der Waals surface area contributed by atoms with Gasteiger partial charge in [0.25, 0.3) is 0 Å². The highest BCUT2D eigenvalue weighted by molar-refractivity contribution is 5.85. The topological polar surface area (TPSA) is 33.7 Å². The molecule has 0 saturated carbocycles. The van der Waals surface area contributed by atoms with Crippen molar-refractivity contribution in [1.29, 1.82) is 0 Å². The number of methoxy groups -OCH3 is 1. The molecule has 2 aromatic rings. The van der Waals surface area contributed by atoms with Crippen LogP contribution in [-0.2, 0) is 0 Å². The van der Waals surface area contributed by atoms with Crippen LogP contribution in [0.25, 0.3) is 0 Å². The van der Waals surface area contributed by atoms with Crippen LogP contribution in [0, 0.1) is 0 Å². The number of benzene rings is 2. The van der Waals surface area contributed by atoms with Crippen molar-refractivity contribution in [2.24, 2.45) is 0 Å². The first-order valence-electron chi connectivity index (χ1n) is 8.41. The van der Waals surface area contributed by atoms with Crippen molar-refractivity contribution in [2.75, 3.05) is 33.3 Å². The second-order valence-electron chi connectivity index (χ2n) is 6.08. The third kappa shape index (κ3) is 6.44. The predicted octanol–water partition coefficient (Wildman–Crippen LogP) is 4.43. The van der Waals surface area contributed by atoms with Crippen LogP contribution in [-0.4, -0.2) is 44.6 Å². The summed E-state index contributed by atoms with van der Waals surface area (Å²) in [5, 5.41) is 3.32. The lowest BCUT2D eigenvalue weighted by Gasteiger charge is -2.35. The highest BCUT2D eigenvalue weighted by Crippen LogP contribution is 2.32. The lowest BCUT2D eigenvalue weighted by atomic mass is 9.96. The van der Waals surface area contributed by atoms with E-state index in [9.17, 15) is 13.2 Å². The summed E-state index contributed by atoms with van der Waals surface area (Å²) < 4.78 is 46.5. The van der Waals surface area contributed by atoms with E-state index in [1.165, 1.54) is 12.1 Å². The molecule has 9 heteroatoms. The predicted molar refractivity (Wildman–Crippen MR) is 107 cm³/mol. The lowest BCUT2D eigenvalue weighted by Crippen LogP contribution is -2.45. The molecule has 1 aliphatic heterocycles. The highest BCUT2D eigenvalue weighted by atomic mass is 35.5. The number of nitrogens with zero attached hydrogens (tertiary/aromatic N) is 1. The Bertz CT molecular complexity index is 724. The molecule has 0 radical (unpaired) electrons. The fourth-order valence-corrected chi connectivity index (χ4v) is 3.22. The molecule has 0 amide bonds. The zero-order chi connectivity index (χ0) is 18.6. The summed E-state index contributed by atoms with van der Waals surface area (Å²) in [6.07, 6.45) is -4.69. The SMILES string of the molecule is COc1cccc([C@H](c2ccc(OC(F)(F)F)cc2)N2CCNCC2)c1.Cl.Cl. The van der Waals surface area contributed by atoms with Crippen molar-refractivity contribution in [1.82, 2.24) is 10.2 Å². The van der Waals surface area contributed by atoms with E-state index in [1.54, 1.807) is 19.2 Å². The summed E-state index contributed by atoms with van der Waals surface area (Å²) in [7, 11) is 1.61. The van der Waals surface area contributed by atoms with Gasteiger partial charge in [-0.1, -0.05) is 24.3 Å². The van der Waals surface area contributed by atoms with Crippen LogP contribution in [0.3, 0.4) is 0 Å². The minimum absolute atomic E-state index is 0. The van der Waals surface area contributed by atoms with E-state index < -0.39 is 6.36 Å². The number of alkyl halides is 3. The summed E-state index contributed by atoms with van der Waals surface area (Å²) in [6, 6.07) is 13.8. The molecule has 1 aliphatic rings. The molecule has 0 spiro atoms. The van der Waals surface area contributed by atoms with E-state index in [0.717, 1.165) is 43.1 Å². The van der Waals surface area contributed by atoms with Gasteiger partial charge >= 0.3 is 6.36 Å². The number of hydrogen-bond acceptors (Lipinski definition) is 4. The number of nitrogens with one attached hydrogen (secondary N) is 1. The normalized spacial score (nSPS) is 15.7. The van der Waals surface area contributed by atoms with E-state index >= 15 is 0 Å². The summed E-state index contributed by atoms with van der Waals surface area (Å²) in [4.78, 5) is 2.31. The molecule has 156 valence electrons. The zero-order valence-corrected chi connectivity index (χ0v) is 16.9. The summed E-state index contributed by atoms with van der Waals surface area (Å²) in [5.41, 5.74) is 1.95. The Balaban J connectivity index is 0.00000196. The van der Waals surface area contributed by atoms with E-state index in [-0.39, 0.29) is 36.6 Å². The Morgan fingerprint density at radius 1 is 0.929 bits per heavy atom. The largest absolute Gasteiger partial charge is 0.573 e. The molecule has 1 atom stereocenters. The van der Waals surface area contributed by atoms with Crippen molar-refractivity contribution in [3.8, 4) is 11.5 Å². The molecule has 0 aromatic heterocycles. The quantitative estimate of drug-likeness (QED) is 0.748. The van der Waals surface area contributed by atoms with Crippen molar-refractivity contribution in [3.63, 3.8) is 0 Å². The van der Waals surface area contributed by atoms with Gasteiger partial charge in [0.1, 0.15) is 11.5 Å². The van der Waals surface area contributed by atoms with Gasteiger partial charge < -0.3 is 14.8 Å². The molecular weight excluding hydrogens is 416 g/mol. The average molecular weight is 439 g/mol. The molecule has 28 heavy (non-hydrogen) atoms. The second kappa shape index (κ2) is 10.8. The van der Waals surface area contributed by atoms with Crippen LogP contribution < -0.4 is 14.8 Å². The van der Waals surface area contributed by atoms with E-state index in [0.29, 0.717) is 0 Å². The number of hydrogen-bond donors (Lipinski definition) is 1. The second-order valence-corrected chi connectivity index (χ2v) is 6.08. The van der Waals surface area contributed by atoms with Crippen LogP contribution in [0.15, 0.2) is 48.5 Å². The van der Waals surface area contributed by atoms with Gasteiger partial charge in [-0.3, -0.25) is 4.90 Å². The summed E-state index contributed by atoms with van der Waals surface area (Å²) in [6.45, 7) is 3.44. The van der Waals surface area contributed by atoms with Gasteiger partial charge in [0.2, 0.25) is 0 Å². The fourth-order valence-electron chi connectivity index (χ4n) is 3.22. The van der Waals surface area contributed by atoms with Crippen molar-refractivity contribution < 1.29 is 22.6 Å². The monoisotopic (exact) mass is 438 g/mol. The van der Waals surface area contributed by atoms with Gasteiger partial charge in [-0.2, -0.15) is 0 Å². The van der Waals surface area contributed by atoms with Crippen LogP contribution in [0.1, 0.15) is 17.2 Å². The van der Waals surface area contributed by atoms with Gasteiger partial charge in [-0.15, -0.1) is 38.0 Å². The van der Waals surface area contributed by atoms with Crippen LogP contribution in [0.2, 0.25) is 0 Å². The first kappa shape index (κ1) is 24.4. The molecule has 3 rings (SSSR count). The molecule has 0 aliphatic carbocycles. The lowest BCUT2D eigenvalue weighted by molar-refractivity contribution is -0.274. The number of ether oxygens (including phenoxy) is 2. The number of piperazine rings is 1. The molecule has 1 saturated heterocycles. The molecular formula is C19H23Cl2F3N2O2. The molecule has 0 bridgehead atoms. The third-order valence-electron chi connectivity index (χ3n) is 4.36. The van der Waals surface area contributed by atoms with Crippen molar-refractivity contribution in [3.05, 3.63) is 59.7 Å². The van der Waals surface area contributed by atoms with Gasteiger partial charge in [0.05, 0.1) is 13.2 Å². The Kier molecular flexibility index (Phi) is 9.36. The smallest absolute Gasteiger partial charge is 0.497 e. The van der Waals surface area contributed by atoms with Crippen LogP contribution >= 0.6 is 24.8 Å². The average Bonchev–Trinajstić information content (AvgIpc) is 2.63. The maximum absolute atomic E-state index is 12.4. The Hall–Kier alpha value is -1.67. The van der Waals surface area contributed by atoms with Gasteiger partial charge in [-0.25, -0.2) is 0 Å². The van der Waals surface area contributed by atoms with E-state index in [2.05, 4.69) is 15.0 Å². The summed E-state index contributed by atoms with van der Waals surface area (Å²) >= 11 is 0. The third-order valence-corrected chi connectivity index (χ3v) is 4.36. The molecule has 0 unspecified atom stereocenters. The van der Waals surface area contributed by atoms with E-state index in [4.69, 9.17) is 4.74 Å². The first-order valence-corrected chi connectivity index (χ1v) is 8.41. The molecule has 1 fully saturated rings. The van der Waals surface area contributed by atoms with Gasteiger partial charge in [-0.05, 0) is 35.4 Å². The molecule has 2 aromatic carbocycles. The maximum atomic E-state index is 12.4. The fraction of sp³-hybridized carbons (Fsp3) is 0.368. The number of rotatable bonds is 5. The van der Waals surface area contributed by atoms with Gasteiger partial charge in [0.15, 0.2) is 0 Å². The minimum atomic E-state index is -4.69. The van der Waals surface area contributed by atoms with Gasteiger partial charge in [0, 0.05) is 26.2 Å².